The van der Waals surface area contributed by atoms with Gasteiger partial charge in [0, 0.05) is 31.9 Å². The van der Waals surface area contributed by atoms with Gasteiger partial charge in [-0.3, -0.25) is 9.59 Å². The van der Waals surface area contributed by atoms with Crippen molar-refractivity contribution >= 4 is 27.5 Å². The van der Waals surface area contributed by atoms with E-state index in [-0.39, 0.29) is 29.9 Å². The molecule has 0 aliphatic carbocycles. The summed E-state index contributed by atoms with van der Waals surface area (Å²) >= 11 is 0. The molecule has 30 heavy (non-hydrogen) atoms. The Balaban J connectivity index is 1.88. The molecule has 10 heteroatoms. The molecule has 2 saturated heterocycles. The van der Waals surface area contributed by atoms with Crippen LogP contribution in [0.5, 0.6) is 0 Å². The molecule has 0 bridgehead atoms. The van der Waals surface area contributed by atoms with Crippen LogP contribution in [0.1, 0.15) is 31.7 Å². The van der Waals surface area contributed by atoms with Crippen molar-refractivity contribution in [1.29, 1.82) is 0 Å². The molecule has 2 aliphatic heterocycles. The van der Waals surface area contributed by atoms with Gasteiger partial charge in [-0.1, -0.05) is 13.0 Å². The molecule has 3 rings (SSSR count). The number of likely N-dealkylation sites (tertiary alicyclic amines) is 1. The summed E-state index contributed by atoms with van der Waals surface area (Å²) in [5, 5.41) is 0. The molecule has 1 atom stereocenters. The van der Waals surface area contributed by atoms with E-state index >= 15 is 0 Å². The Morgan fingerprint density at radius 2 is 1.97 bits per heavy atom. The van der Waals surface area contributed by atoms with Crippen LogP contribution >= 0.6 is 0 Å². The van der Waals surface area contributed by atoms with Crippen LogP contribution < -0.4 is 15.4 Å². The van der Waals surface area contributed by atoms with Crippen molar-refractivity contribution in [2.75, 3.05) is 44.3 Å². The van der Waals surface area contributed by atoms with E-state index in [0.717, 1.165) is 19.3 Å². The number of hydrogen-bond donors (Lipinski definition) is 2. The lowest BCUT2D eigenvalue weighted by Gasteiger charge is -2.31. The van der Waals surface area contributed by atoms with Crippen molar-refractivity contribution in [3.63, 3.8) is 0 Å². The van der Waals surface area contributed by atoms with E-state index in [1.165, 1.54) is 6.07 Å². The fourth-order valence-electron chi connectivity index (χ4n) is 3.97. The number of hydrogen-bond acceptors (Lipinski definition) is 6. The van der Waals surface area contributed by atoms with Crippen molar-refractivity contribution in [1.82, 2.24) is 9.62 Å². The molecule has 0 spiro atoms. The van der Waals surface area contributed by atoms with Gasteiger partial charge in [0.05, 0.1) is 11.5 Å². The summed E-state index contributed by atoms with van der Waals surface area (Å²) in [6, 6.07) is 3.82. The molecule has 3 N–H and O–H groups in total. The lowest BCUT2D eigenvalue weighted by Crippen LogP contribution is -2.53. The summed E-state index contributed by atoms with van der Waals surface area (Å²) in [7, 11) is -4.02. The zero-order valence-electron chi connectivity index (χ0n) is 17.3. The maximum atomic E-state index is 13.2. The van der Waals surface area contributed by atoms with E-state index < -0.39 is 16.1 Å². The summed E-state index contributed by atoms with van der Waals surface area (Å²) in [6.07, 6.45) is 3.29. The van der Waals surface area contributed by atoms with Gasteiger partial charge in [-0.05, 0) is 43.4 Å². The Kier molecular flexibility index (Phi) is 7.45. The summed E-state index contributed by atoms with van der Waals surface area (Å²) in [5.74, 6) is -0.503. The van der Waals surface area contributed by atoms with E-state index in [1.807, 2.05) is 6.92 Å². The molecule has 1 aromatic rings. The van der Waals surface area contributed by atoms with Crippen molar-refractivity contribution < 1.29 is 22.7 Å². The number of rotatable bonds is 7. The van der Waals surface area contributed by atoms with Crippen LogP contribution in [0.15, 0.2) is 23.1 Å². The minimum Gasteiger partial charge on any atom is -0.370 e. The number of nitrogens with one attached hydrogen (secondary N) is 1. The molecule has 2 fully saturated rings. The van der Waals surface area contributed by atoms with E-state index in [1.54, 1.807) is 21.9 Å². The highest BCUT2D eigenvalue weighted by Gasteiger charge is 2.31. The summed E-state index contributed by atoms with van der Waals surface area (Å²) in [6.45, 7) is 3.67. The van der Waals surface area contributed by atoms with Gasteiger partial charge in [-0.25, -0.2) is 8.42 Å². The first kappa shape index (κ1) is 22.7. The van der Waals surface area contributed by atoms with Crippen molar-refractivity contribution in [2.24, 2.45) is 5.73 Å². The van der Waals surface area contributed by atoms with Crippen LogP contribution in [0.3, 0.4) is 0 Å². The number of morpholine rings is 1. The minimum absolute atomic E-state index is 0.0298. The van der Waals surface area contributed by atoms with E-state index in [2.05, 4.69) is 4.72 Å². The maximum Gasteiger partial charge on any atom is 0.253 e. The Bertz CT molecular complexity index is 883. The number of carbonyl (C=O) groups excluding carboxylic acids is 2. The van der Waals surface area contributed by atoms with Gasteiger partial charge in [-0.2, -0.15) is 4.72 Å². The third kappa shape index (κ3) is 4.83. The molecule has 166 valence electrons. The molecule has 0 unspecified atom stereocenters. The predicted molar refractivity (Wildman–Crippen MR) is 113 cm³/mol. The number of anilines is 1. The predicted octanol–water partition coefficient (Wildman–Crippen LogP) is 0.230. The first-order chi connectivity index (χ1) is 14.4. The Morgan fingerprint density at radius 1 is 1.23 bits per heavy atom. The summed E-state index contributed by atoms with van der Waals surface area (Å²) in [5.41, 5.74) is 6.84. The highest BCUT2D eigenvalue weighted by molar-refractivity contribution is 7.89. The number of piperidine rings is 1. The van der Waals surface area contributed by atoms with Gasteiger partial charge < -0.3 is 20.3 Å². The lowest BCUT2D eigenvalue weighted by atomic mass is 10.1. The largest absolute Gasteiger partial charge is 0.370 e. The fraction of sp³-hybridized carbons (Fsp3) is 0.600. The number of nitrogens with two attached hydrogens (primary N) is 1. The van der Waals surface area contributed by atoms with Gasteiger partial charge >= 0.3 is 0 Å². The van der Waals surface area contributed by atoms with Crippen LogP contribution in [0.25, 0.3) is 0 Å². The van der Waals surface area contributed by atoms with Gasteiger partial charge in [-0.15, -0.1) is 0 Å². The van der Waals surface area contributed by atoms with Crippen LogP contribution in [0.4, 0.5) is 5.69 Å². The molecule has 2 aliphatic rings. The standard InChI is InChI=1S/C20H30N4O5S/c1-2-15-17(24-11-12-29-14-19(24)25)7-6-8-18(15)30(27,28)22-16(13-21)20(26)23-9-4-3-5-10-23/h6-8,16,22H,2-5,9-14,21H2,1H3/t16-/m0/s1. The van der Waals surface area contributed by atoms with Crippen LogP contribution in [0.2, 0.25) is 0 Å². The van der Waals surface area contributed by atoms with E-state index in [0.29, 0.717) is 43.9 Å². The van der Waals surface area contributed by atoms with Gasteiger partial charge in [0.1, 0.15) is 12.6 Å². The lowest BCUT2D eigenvalue weighted by molar-refractivity contribution is -0.133. The molecule has 0 aromatic heterocycles. The zero-order valence-corrected chi connectivity index (χ0v) is 18.1. The van der Waals surface area contributed by atoms with Gasteiger partial charge in [0.15, 0.2) is 0 Å². The van der Waals surface area contributed by atoms with Crippen molar-refractivity contribution in [2.45, 2.75) is 43.5 Å². The number of amides is 2. The molecule has 1 aromatic carbocycles. The number of carbonyl (C=O) groups is 2. The van der Waals surface area contributed by atoms with Crippen molar-refractivity contribution in [3.05, 3.63) is 23.8 Å². The van der Waals surface area contributed by atoms with Crippen LogP contribution in [0, 0.1) is 0 Å². The number of benzene rings is 1. The molecular weight excluding hydrogens is 408 g/mol. The highest BCUT2D eigenvalue weighted by Crippen LogP contribution is 2.29. The fourth-order valence-corrected chi connectivity index (χ4v) is 5.50. The Labute approximate surface area is 177 Å². The van der Waals surface area contributed by atoms with Crippen LogP contribution in [-0.4, -0.2) is 70.6 Å². The maximum absolute atomic E-state index is 13.2. The number of sulfonamides is 1. The van der Waals surface area contributed by atoms with Crippen molar-refractivity contribution in [3.8, 4) is 0 Å². The molecule has 2 heterocycles. The average molecular weight is 439 g/mol. The second-order valence-corrected chi connectivity index (χ2v) is 9.18. The summed E-state index contributed by atoms with van der Waals surface area (Å²) < 4.78 is 34.1. The molecule has 9 nitrogen and oxygen atoms in total. The van der Waals surface area contributed by atoms with Gasteiger partial charge in [0.25, 0.3) is 5.91 Å². The van der Waals surface area contributed by atoms with Crippen LogP contribution in [-0.2, 0) is 30.8 Å². The molecule has 2 amide bonds. The SMILES string of the molecule is CCc1c(N2CCOCC2=O)cccc1S(=O)(=O)N[C@@H](CN)C(=O)N1CCCCC1. The average Bonchev–Trinajstić information content (AvgIpc) is 2.77. The molecule has 0 saturated carbocycles. The normalized spacial score (nSPS) is 19.1. The number of nitrogens with zero attached hydrogens (tertiary/aromatic N) is 2. The Hall–Kier alpha value is -2.01. The highest BCUT2D eigenvalue weighted by atomic mass is 32.2. The third-order valence-electron chi connectivity index (χ3n) is 5.53. The molecule has 0 radical (unpaired) electrons. The second-order valence-electron chi connectivity index (χ2n) is 7.50. The monoisotopic (exact) mass is 438 g/mol. The summed E-state index contributed by atoms with van der Waals surface area (Å²) in [4.78, 5) is 28.4. The van der Waals surface area contributed by atoms with Gasteiger partial charge in [0.2, 0.25) is 15.9 Å². The Morgan fingerprint density at radius 3 is 2.60 bits per heavy atom. The van der Waals surface area contributed by atoms with E-state index in [4.69, 9.17) is 10.5 Å². The quantitative estimate of drug-likeness (QED) is 0.628. The van der Waals surface area contributed by atoms with E-state index in [9.17, 15) is 18.0 Å². The zero-order chi connectivity index (χ0) is 21.7. The first-order valence-electron chi connectivity index (χ1n) is 10.4. The second kappa shape index (κ2) is 9.86. The molecular formula is C20H30N4O5S. The first-order valence-corrected chi connectivity index (χ1v) is 11.9. The topological polar surface area (TPSA) is 122 Å². The number of ether oxygens (including phenoxy) is 1. The minimum atomic E-state index is -4.02. The smallest absolute Gasteiger partial charge is 0.253 e. The third-order valence-corrected chi connectivity index (χ3v) is 7.08.